The van der Waals surface area contributed by atoms with E-state index >= 15 is 0 Å². The molecule has 47 heavy (non-hydrogen) atoms. The Labute approximate surface area is 262 Å². The van der Waals surface area contributed by atoms with E-state index in [1.165, 1.54) is 48.5 Å². The number of hydrogen-bond acceptors (Lipinski definition) is 12. The van der Waals surface area contributed by atoms with Crippen molar-refractivity contribution in [2.75, 3.05) is 19.6 Å². The van der Waals surface area contributed by atoms with Crippen molar-refractivity contribution in [2.24, 2.45) is 10.7 Å². The lowest BCUT2D eigenvalue weighted by atomic mass is 10.1. The van der Waals surface area contributed by atoms with Crippen molar-refractivity contribution in [3.8, 4) is 0 Å². The minimum Gasteiger partial charge on any atom is -0.444 e. The Morgan fingerprint density at radius 3 is 1.94 bits per heavy atom. The predicted octanol–water partition coefficient (Wildman–Crippen LogP) is 2.69. The fourth-order valence-corrected chi connectivity index (χ4v) is 3.75. The van der Waals surface area contributed by atoms with Gasteiger partial charge in [-0.15, -0.1) is 10.1 Å². The van der Waals surface area contributed by atoms with Crippen LogP contribution in [-0.4, -0.2) is 81.7 Å². The lowest BCUT2D eigenvalue weighted by Gasteiger charge is -2.37. The number of aliphatic imine (C=N–C) groups is 1. The molecule has 3 N–H and O–H groups in total. The number of non-ortho nitro benzene ring substituents is 2. The quantitative estimate of drug-likeness (QED) is 0.143. The zero-order valence-electron chi connectivity index (χ0n) is 24.1. The van der Waals surface area contributed by atoms with Gasteiger partial charge in [0.25, 0.3) is 11.4 Å². The number of ether oxygens (including phenoxy) is 2. The normalized spacial score (nSPS) is 13.6. The van der Waals surface area contributed by atoms with Crippen LogP contribution >= 0.6 is 0 Å². The molecule has 3 amide bonds. The van der Waals surface area contributed by atoms with E-state index in [4.69, 9.17) is 15.2 Å². The summed E-state index contributed by atoms with van der Waals surface area (Å²) in [5.74, 6) is -3.62. The summed E-state index contributed by atoms with van der Waals surface area (Å²) in [7, 11) is 0. The molecule has 2 aromatic carbocycles. The van der Waals surface area contributed by atoms with Gasteiger partial charge in [-0.2, -0.15) is 13.2 Å². The molecule has 0 spiro atoms. The molecule has 1 aliphatic heterocycles. The summed E-state index contributed by atoms with van der Waals surface area (Å²) in [5.41, 5.74) is 6.26. The first-order chi connectivity index (χ1) is 22.1. The van der Waals surface area contributed by atoms with Crippen molar-refractivity contribution >= 4 is 41.4 Å². The number of nitrogens with zero attached hydrogens (tertiary/aromatic N) is 5. The Hall–Kier alpha value is -5.86. The van der Waals surface area contributed by atoms with Gasteiger partial charge in [0.1, 0.15) is 13.2 Å². The molecule has 0 saturated carbocycles. The largest absolute Gasteiger partial charge is 0.492 e. The molecule has 252 valence electrons. The molecule has 0 radical (unpaired) electrons. The van der Waals surface area contributed by atoms with Gasteiger partial charge < -0.3 is 25.4 Å². The monoisotopic (exact) mass is 669 g/mol. The Kier molecular flexibility index (Phi) is 12.1. The van der Waals surface area contributed by atoms with Crippen molar-refractivity contribution in [1.82, 2.24) is 15.3 Å². The molecule has 1 saturated heterocycles. The van der Waals surface area contributed by atoms with Crippen LogP contribution in [0.5, 0.6) is 0 Å². The van der Waals surface area contributed by atoms with E-state index < -0.39 is 52.1 Å². The van der Waals surface area contributed by atoms with Gasteiger partial charge >= 0.3 is 24.3 Å². The third kappa shape index (κ3) is 11.2. The average Bonchev–Trinajstić information content (AvgIpc) is 2.99. The number of halogens is 3. The summed E-state index contributed by atoms with van der Waals surface area (Å²) in [6.45, 7) is -1.38. The van der Waals surface area contributed by atoms with Gasteiger partial charge in [-0.1, -0.05) is 0 Å². The second kappa shape index (κ2) is 15.9. The van der Waals surface area contributed by atoms with E-state index in [0.717, 1.165) is 9.96 Å². The fraction of sp³-hybridized carbons (Fsp3) is 0.346. The van der Waals surface area contributed by atoms with Crippen LogP contribution in [0.4, 0.5) is 34.1 Å². The molecule has 1 fully saturated rings. The van der Waals surface area contributed by atoms with E-state index in [2.05, 4.69) is 15.1 Å². The van der Waals surface area contributed by atoms with Crippen molar-refractivity contribution in [1.29, 1.82) is 0 Å². The van der Waals surface area contributed by atoms with Crippen LogP contribution in [0.15, 0.2) is 53.5 Å². The number of hydrogen-bond donors (Lipinski definition) is 2. The number of nitro groups is 2. The van der Waals surface area contributed by atoms with Crippen molar-refractivity contribution in [3.63, 3.8) is 0 Å². The first-order valence-corrected chi connectivity index (χ1v) is 13.4. The van der Waals surface area contributed by atoms with Crippen LogP contribution in [0.3, 0.4) is 0 Å². The molecule has 1 aliphatic rings. The number of nitrogens with two attached hydrogens (primary N) is 1. The number of nitrogens with one attached hydrogen (secondary N) is 1. The third-order valence-electron chi connectivity index (χ3n) is 6.16. The molecule has 0 atom stereocenters. The third-order valence-corrected chi connectivity index (χ3v) is 6.16. The number of guanidine groups is 1. The molecule has 0 aliphatic carbocycles. The topological polar surface area (TPSA) is 239 Å². The van der Waals surface area contributed by atoms with Crippen LogP contribution in [0, 0.1) is 20.2 Å². The Morgan fingerprint density at radius 1 is 0.936 bits per heavy atom. The van der Waals surface area contributed by atoms with Crippen LogP contribution < -0.4 is 11.1 Å². The van der Waals surface area contributed by atoms with E-state index in [0.29, 0.717) is 11.1 Å². The summed E-state index contributed by atoms with van der Waals surface area (Å²) in [4.78, 5) is 77.1. The Balaban J connectivity index is 1.56. The average molecular weight is 670 g/mol. The maximum absolute atomic E-state index is 12.9. The molecular formula is C26H26F3N7O11. The van der Waals surface area contributed by atoms with Crippen LogP contribution in [0.1, 0.15) is 24.0 Å². The van der Waals surface area contributed by atoms with Gasteiger partial charge in [0.05, 0.1) is 29.0 Å². The molecule has 3 rings (SSSR count). The highest BCUT2D eigenvalue weighted by Gasteiger charge is 2.44. The van der Waals surface area contributed by atoms with E-state index in [-0.39, 0.29) is 57.1 Å². The zero-order valence-corrected chi connectivity index (χ0v) is 24.1. The minimum absolute atomic E-state index is 0.0635. The predicted molar refractivity (Wildman–Crippen MR) is 150 cm³/mol. The van der Waals surface area contributed by atoms with Gasteiger partial charge in [0.15, 0.2) is 0 Å². The first-order valence-electron chi connectivity index (χ1n) is 13.4. The fourth-order valence-electron chi connectivity index (χ4n) is 3.75. The van der Waals surface area contributed by atoms with Gasteiger partial charge in [-0.05, 0) is 41.8 Å². The van der Waals surface area contributed by atoms with Gasteiger partial charge in [-0.3, -0.25) is 25.0 Å². The highest BCUT2D eigenvalue weighted by molar-refractivity contribution is 5.98. The highest BCUT2D eigenvalue weighted by atomic mass is 19.4. The lowest BCUT2D eigenvalue weighted by Crippen LogP contribution is -2.60. The van der Waals surface area contributed by atoms with Gasteiger partial charge in [-0.25, -0.2) is 19.3 Å². The van der Waals surface area contributed by atoms with Crippen molar-refractivity contribution in [2.45, 2.75) is 38.3 Å². The van der Waals surface area contributed by atoms with Crippen LogP contribution in [0.25, 0.3) is 0 Å². The molecule has 21 heteroatoms. The van der Waals surface area contributed by atoms with Crippen molar-refractivity contribution < 1.29 is 56.5 Å². The number of amides is 3. The van der Waals surface area contributed by atoms with E-state index in [1.54, 1.807) is 0 Å². The van der Waals surface area contributed by atoms with E-state index in [9.17, 15) is 52.6 Å². The number of alkyl halides is 3. The standard InChI is InChI=1S/C26H26F3N7O11/c27-26(28,29)22(38)47-33-12-18(13-33)31-21(37)2-1-11-34(25(40)46-15-17-5-9-20(10-6-17)36(43)44)23(30)32-24(39)45-14-16-3-7-19(8-4-16)35(41)42/h3-10,18H,1-2,11-15H2,(H,31,37)(H2,30,32,39). The molecule has 2 aromatic rings. The summed E-state index contributed by atoms with van der Waals surface area (Å²) in [5, 5.41) is 24.9. The minimum atomic E-state index is -5.17. The maximum atomic E-state index is 12.9. The Bertz CT molecular complexity index is 1510. The molecule has 0 unspecified atom stereocenters. The molecular weight excluding hydrogens is 643 g/mol. The summed E-state index contributed by atoms with van der Waals surface area (Å²) >= 11 is 0. The van der Waals surface area contributed by atoms with Gasteiger partial charge in [0, 0.05) is 37.2 Å². The number of carbonyl (C=O) groups is 4. The van der Waals surface area contributed by atoms with Crippen molar-refractivity contribution in [3.05, 3.63) is 79.9 Å². The summed E-state index contributed by atoms with van der Waals surface area (Å²) < 4.78 is 47.0. The molecule has 0 bridgehead atoms. The maximum Gasteiger partial charge on any atom is 0.492 e. The van der Waals surface area contributed by atoms with Gasteiger partial charge in [0.2, 0.25) is 11.9 Å². The number of benzene rings is 2. The number of hydroxylamine groups is 2. The highest BCUT2D eigenvalue weighted by Crippen LogP contribution is 2.20. The second-order valence-electron chi connectivity index (χ2n) is 9.67. The zero-order chi connectivity index (χ0) is 34.7. The molecule has 1 heterocycles. The second-order valence-corrected chi connectivity index (χ2v) is 9.67. The van der Waals surface area contributed by atoms with E-state index in [1.807, 2.05) is 0 Å². The molecule has 0 aromatic heterocycles. The number of nitro benzene ring substituents is 2. The summed E-state index contributed by atoms with van der Waals surface area (Å²) in [6.07, 6.45) is -7.78. The lowest BCUT2D eigenvalue weighted by molar-refractivity contribution is -0.385. The summed E-state index contributed by atoms with van der Waals surface area (Å²) in [6, 6.07) is 9.56. The SMILES string of the molecule is NC(=NC(=O)OCc1ccc([N+](=O)[O-])cc1)N(CCCC(=O)NC1CN(OC(=O)C(F)(F)F)C1)C(=O)OCc1ccc([N+](=O)[O-])cc1. The molecule has 18 nitrogen and oxygen atoms in total. The first kappa shape index (κ1) is 35.6. The number of rotatable bonds is 12. The number of carbonyl (C=O) groups excluding carboxylic acids is 4. The van der Waals surface area contributed by atoms with Crippen LogP contribution in [-0.2, 0) is 37.1 Å². The van der Waals surface area contributed by atoms with Crippen LogP contribution in [0.2, 0.25) is 0 Å². The Morgan fingerprint density at radius 2 is 1.45 bits per heavy atom. The smallest absolute Gasteiger partial charge is 0.444 e.